The Labute approximate surface area is 155 Å². The summed E-state index contributed by atoms with van der Waals surface area (Å²) >= 11 is 0. The summed E-state index contributed by atoms with van der Waals surface area (Å²) in [5, 5.41) is 0. The molecule has 1 N–H and O–H groups in total. The van der Waals surface area contributed by atoms with Crippen LogP contribution in [0.2, 0.25) is 0 Å². The molecule has 0 aliphatic heterocycles. The molecule has 6 heteroatoms. The molecule has 0 saturated carbocycles. The fourth-order valence-electron chi connectivity index (χ4n) is 2.79. The van der Waals surface area contributed by atoms with Gasteiger partial charge in [-0.2, -0.15) is 13.2 Å². The SMILES string of the molecule is [CH2-]C(Cc1cnc[nH]1)C(=O)Cc1ccc(-c2ccc(C(F)(F)F)cc2)cc1. The minimum atomic E-state index is -4.34. The average Bonchev–Trinajstić information content (AvgIpc) is 3.15. The molecule has 27 heavy (non-hydrogen) atoms. The quantitative estimate of drug-likeness (QED) is 0.627. The summed E-state index contributed by atoms with van der Waals surface area (Å²) in [4.78, 5) is 19.2. The van der Waals surface area contributed by atoms with E-state index in [2.05, 4.69) is 16.9 Å². The Balaban J connectivity index is 1.64. The summed E-state index contributed by atoms with van der Waals surface area (Å²) < 4.78 is 37.9. The first kappa shape index (κ1) is 18.9. The number of halogens is 3. The second-order valence-electron chi connectivity index (χ2n) is 6.39. The zero-order valence-electron chi connectivity index (χ0n) is 14.5. The Morgan fingerprint density at radius 3 is 2.15 bits per heavy atom. The topological polar surface area (TPSA) is 45.8 Å². The maximum absolute atomic E-state index is 12.6. The van der Waals surface area contributed by atoms with Crippen molar-refractivity contribution in [1.82, 2.24) is 9.97 Å². The smallest absolute Gasteiger partial charge is 0.349 e. The second-order valence-corrected chi connectivity index (χ2v) is 6.39. The van der Waals surface area contributed by atoms with Crippen LogP contribution in [0.4, 0.5) is 13.2 Å². The summed E-state index contributed by atoms with van der Waals surface area (Å²) in [5.41, 5.74) is 2.51. The number of nitrogens with one attached hydrogen (secondary N) is 1. The number of benzene rings is 2. The minimum absolute atomic E-state index is 0.0203. The van der Waals surface area contributed by atoms with Crippen molar-refractivity contribution in [3.05, 3.63) is 84.8 Å². The van der Waals surface area contributed by atoms with Crippen molar-refractivity contribution in [2.24, 2.45) is 5.92 Å². The van der Waals surface area contributed by atoms with E-state index < -0.39 is 11.7 Å². The Kier molecular flexibility index (Phi) is 5.44. The van der Waals surface area contributed by atoms with Gasteiger partial charge in [0.25, 0.3) is 0 Å². The van der Waals surface area contributed by atoms with E-state index in [1.807, 2.05) is 12.1 Å². The van der Waals surface area contributed by atoms with E-state index in [4.69, 9.17) is 0 Å². The molecule has 0 fully saturated rings. The highest BCUT2D eigenvalue weighted by molar-refractivity contribution is 5.84. The molecule has 1 unspecified atom stereocenters. The van der Waals surface area contributed by atoms with Crippen molar-refractivity contribution in [3.8, 4) is 11.1 Å². The van der Waals surface area contributed by atoms with E-state index >= 15 is 0 Å². The molecule has 0 amide bonds. The Morgan fingerprint density at radius 1 is 1.04 bits per heavy atom. The van der Waals surface area contributed by atoms with E-state index in [9.17, 15) is 18.0 Å². The monoisotopic (exact) mass is 371 g/mol. The summed E-state index contributed by atoms with van der Waals surface area (Å²) in [6.45, 7) is 3.91. The van der Waals surface area contributed by atoms with Crippen LogP contribution in [-0.4, -0.2) is 15.8 Å². The fraction of sp³-hybridized carbons (Fsp3) is 0.190. The maximum Gasteiger partial charge on any atom is 0.416 e. The van der Waals surface area contributed by atoms with Gasteiger partial charge < -0.3 is 16.7 Å². The standard InChI is InChI=1S/C21H18F3N2O/c1-14(10-19-12-25-13-26-19)20(27)11-15-2-4-16(5-3-15)17-6-8-18(9-7-17)21(22,23)24/h2-9,12-14H,1,10-11H2,(H,25,26)/q-1. The molecule has 0 aliphatic carbocycles. The first-order valence-corrected chi connectivity index (χ1v) is 8.42. The van der Waals surface area contributed by atoms with Gasteiger partial charge in [0.1, 0.15) is 5.78 Å². The molecule has 0 bridgehead atoms. The second kappa shape index (κ2) is 7.78. The highest BCUT2D eigenvalue weighted by Gasteiger charge is 2.29. The van der Waals surface area contributed by atoms with Crippen LogP contribution < -0.4 is 0 Å². The van der Waals surface area contributed by atoms with Crippen LogP contribution in [0, 0.1) is 12.8 Å². The summed E-state index contributed by atoms with van der Waals surface area (Å²) in [6, 6.07) is 12.3. The van der Waals surface area contributed by atoms with E-state index in [1.165, 1.54) is 12.1 Å². The van der Waals surface area contributed by atoms with E-state index in [0.717, 1.165) is 29.0 Å². The number of aromatic nitrogens is 2. The Bertz CT molecular complexity index is 883. The van der Waals surface area contributed by atoms with Crippen molar-refractivity contribution >= 4 is 5.78 Å². The molecule has 3 aromatic rings. The number of aromatic amines is 1. The normalized spacial score (nSPS) is 12.7. The van der Waals surface area contributed by atoms with E-state index in [-0.39, 0.29) is 18.1 Å². The van der Waals surface area contributed by atoms with Gasteiger partial charge in [-0.15, -0.1) is 5.92 Å². The predicted octanol–water partition coefficient (Wildman–Crippen LogP) is 4.90. The number of H-pyrrole nitrogens is 1. The number of rotatable bonds is 6. The number of carbonyl (C=O) groups is 1. The third-order valence-electron chi connectivity index (χ3n) is 4.35. The number of Topliss-reactive ketones (excluding diaryl/α,β-unsaturated/α-hetero) is 1. The minimum Gasteiger partial charge on any atom is -0.349 e. The van der Waals surface area contributed by atoms with Crippen LogP contribution in [0.15, 0.2) is 61.1 Å². The van der Waals surface area contributed by atoms with Gasteiger partial charge in [-0.1, -0.05) is 36.4 Å². The fourth-order valence-corrected chi connectivity index (χ4v) is 2.79. The molecular weight excluding hydrogens is 353 g/mol. The lowest BCUT2D eigenvalue weighted by molar-refractivity contribution is -0.137. The number of ketones is 1. The first-order valence-electron chi connectivity index (χ1n) is 8.42. The third-order valence-corrected chi connectivity index (χ3v) is 4.35. The van der Waals surface area contributed by atoms with Gasteiger partial charge in [-0.05, 0) is 35.2 Å². The lowest BCUT2D eigenvalue weighted by Crippen LogP contribution is -2.16. The molecule has 1 heterocycles. The Morgan fingerprint density at radius 2 is 1.63 bits per heavy atom. The van der Waals surface area contributed by atoms with Crippen molar-refractivity contribution in [1.29, 1.82) is 0 Å². The third kappa shape index (κ3) is 4.84. The zero-order valence-corrected chi connectivity index (χ0v) is 14.5. The molecule has 0 aliphatic rings. The average molecular weight is 371 g/mol. The molecular formula is C21H18F3N2O-. The Hall–Kier alpha value is -2.89. The van der Waals surface area contributed by atoms with Gasteiger partial charge in [-0.3, -0.25) is 0 Å². The van der Waals surface area contributed by atoms with Crippen molar-refractivity contribution in [2.75, 3.05) is 0 Å². The number of carbonyl (C=O) groups excluding carboxylic acids is 1. The van der Waals surface area contributed by atoms with Crippen LogP contribution in [0.5, 0.6) is 0 Å². The largest absolute Gasteiger partial charge is 0.416 e. The highest BCUT2D eigenvalue weighted by Crippen LogP contribution is 2.31. The maximum atomic E-state index is 12.6. The van der Waals surface area contributed by atoms with Crippen LogP contribution in [0.25, 0.3) is 11.1 Å². The lowest BCUT2D eigenvalue weighted by atomic mass is 9.94. The number of hydrogen-bond acceptors (Lipinski definition) is 2. The molecule has 140 valence electrons. The van der Waals surface area contributed by atoms with Gasteiger partial charge >= 0.3 is 6.18 Å². The number of imidazole rings is 1. The molecule has 3 nitrogen and oxygen atoms in total. The predicted molar refractivity (Wildman–Crippen MR) is 96.7 cm³/mol. The van der Waals surface area contributed by atoms with Gasteiger partial charge in [0, 0.05) is 18.3 Å². The first-order chi connectivity index (χ1) is 12.8. The summed E-state index contributed by atoms with van der Waals surface area (Å²) in [7, 11) is 0. The molecule has 1 aromatic heterocycles. The number of alkyl halides is 3. The molecule has 1 atom stereocenters. The highest BCUT2D eigenvalue weighted by atomic mass is 19.4. The molecule has 0 radical (unpaired) electrons. The lowest BCUT2D eigenvalue weighted by Gasteiger charge is -2.15. The molecule has 2 aromatic carbocycles. The van der Waals surface area contributed by atoms with Crippen molar-refractivity contribution in [3.63, 3.8) is 0 Å². The summed E-state index contributed by atoms with van der Waals surface area (Å²) in [6.07, 6.45) is -0.349. The van der Waals surface area contributed by atoms with E-state index in [1.54, 1.807) is 24.7 Å². The number of hydrogen-bond donors (Lipinski definition) is 1. The molecule has 3 rings (SSSR count). The van der Waals surface area contributed by atoms with Crippen LogP contribution in [-0.2, 0) is 23.8 Å². The molecule has 0 saturated heterocycles. The van der Waals surface area contributed by atoms with Gasteiger partial charge in [0.15, 0.2) is 0 Å². The molecule has 0 spiro atoms. The van der Waals surface area contributed by atoms with Gasteiger partial charge in [0.05, 0.1) is 11.9 Å². The van der Waals surface area contributed by atoms with Crippen LogP contribution in [0.1, 0.15) is 16.8 Å². The van der Waals surface area contributed by atoms with Gasteiger partial charge in [-0.25, -0.2) is 4.98 Å². The summed E-state index contributed by atoms with van der Waals surface area (Å²) in [5.74, 6) is -0.355. The van der Waals surface area contributed by atoms with Crippen molar-refractivity contribution < 1.29 is 18.0 Å². The van der Waals surface area contributed by atoms with Crippen molar-refractivity contribution in [2.45, 2.75) is 19.0 Å². The van der Waals surface area contributed by atoms with Gasteiger partial charge in [0.2, 0.25) is 0 Å². The van der Waals surface area contributed by atoms with Crippen LogP contribution >= 0.6 is 0 Å². The zero-order chi connectivity index (χ0) is 19.4. The van der Waals surface area contributed by atoms with E-state index in [0.29, 0.717) is 12.0 Å². The van der Waals surface area contributed by atoms with Crippen LogP contribution in [0.3, 0.4) is 0 Å². The number of nitrogens with zero attached hydrogens (tertiary/aromatic N) is 1.